The molecule has 8 heteroatoms. The Kier molecular flexibility index (Phi) is 6.99. The first kappa shape index (κ1) is 20.3. The second kappa shape index (κ2) is 9.64. The number of hydrogen-bond donors (Lipinski definition) is 0. The number of Topliss-reactive ketones (excluding diaryl/α,β-unsaturated/α-hetero) is 1. The highest BCUT2D eigenvalue weighted by Crippen LogP contribution is 2.19. The molecule has 0 saturated heterocycles. The molecule has 0 spiro atoms. The molecule has 0 amide bonds. The zero-order valence-corrected chi connectivity index (χ0v) is 15.0. The third-order valence-corrected chi connectivity index (χ3v) is 3.54. The van der Waals surface area contributed by atoms with Crippen molar-refractivity contribution in [3.05, 3.63) is 75.3 Å². The van der Waals surface area contributed by atoms with Crippen molar-refractivity contribution in [2.24, 2.45) is 0 Å². The molecule has 0 aliphatic carbocycles. The zero-order chi connectivity index (χ0) is 20.5. The van der Waals surface area contributed by atoms with Crippen LogP contribution in [0.4, 0.5) is 5.69 Å². The van der Waals surface area contributed by atoms with E-state index in [1.165, 1.54) is 24.3 Å². The van der Waals surface area contributed by atoms with Gasteiger partial charge in [0.15, 0.2) is 6.61 Å². The molecule has 28 heavy (non-hydrogen) atoms. The molecule has 142 valence electrons. The first-order chi connectivity index (χ1) is 13.4. The molecule has 0 N–H and O–H groups in total. The van der Waals surface area contributed by atoms with Crippen molar-refractivity contribution >= 4 is 23.5 Å². The van der Waals surface area contributed by atoms with Crippen molar-refractivity contribution in [1.29, 1.82) is 5.26 Å². The van der Waals surface area contributed by atoms with E-state index in [1.54, 1.807) is 31.2 Å². The first-order valence-electron chi connectivity index (χ1n) is 8.24. The average molecular weight is 380 g/mol. The quantitative estimate of drug-likeness (QED) is 0.172. The summed E-state index contributed by atoms with van der Waals surface area (Å²) in [7, 11) is 0. The van der Waals surface area contributed by atoms with Crippen LogP contribution in [0.1, 0.15) is 22.8 Å². The Hall–Kier alpha value is -3.99. The highest BCUT2D eigenvalue weighted by molar-refractivity contribution is 6.14. The predicted octanol–water partition coefficient (Wildman–Crippen LogP) is 3.33. The number of nitro groups is 1. The van der Waals surface area contributed by atoms with Gasteiger partial charge in [0.1, 0.15) is 17.4 Å². The normalized spacial score (nSPS) is 10.6. The Morgan fingerprint density at radius 2 is 1.93 bits per heavy atom. The Morgan fingerprint density at radius 1 is 1.21 bits per heavy atom. The molecule has 2 rings (SSSR count). The fourth-order valence-electron chi connectivity index (χ4n) is 2.24. The van der Waals surface area contributed by atoms with Gasteiger partial charge in [-0.1, -0.05) is 24.3 Å². The summed E-state index contributed by atoms with van der Waals surface area (Å²) in [6, 6.07) is 13.4. The predicted molar refractivity (Wildman–Crippen MR) is 99.6 cm³/mol. The molecule has 0 heterocycles. The lowest BCUT2D eigenvalue weighted by Crippen LogP contribution is -2.14. The Balaban J connectivity index is 2.14. The van der Waals surface area contributed by atoms with E-state index in [0.29, 0.717) is 11.3 Å². The van der Waals surface area contributed by atoms with Crippen molar-refractivity contribution in [1.82, 2.24) is 0 Å². The lowest BCUT2D eigenvalue weighted by molar-refractivity contribution is -0.384. The van der Waals surface area contributed by atoms with Gasteiger partial charge >= 0.3 is 5.97 Å². The minimum Gasteiger partial charge on any atom is -0.482 e. The largest absolute Gasteiger partial charge is 0.482 e. The van der Waals surface area contributed by atoms with Gasteiger partial charge in [-0.05, 0) is 30.7 Å². The fourth-order valence-corrected chi connectivity index (χ4v) is 2.24. The summed E-state index contributed by atoms with van der Waals surface area (Å²) in [6.45, 7) is 1.74. The van der Waals surface area contributed by atoms with Gasteiger partial charge in [0.25, 0.3) is 5.69 Å². The topological polar surface area (TPSA) is 120 Å². The van der Waals surface area contributed by atoms with Gasteiger partial charge in [-0.15, -0.1) is 0 Å². The Bertz CT molecular complexity index is 957. The number of nitrogens with zero attached hydrogens (tertiary/aromatic N) is 2. The number of nitro benzene ring substituents is 1. The molecule has 0 aliphatic heterocycles. The highest BCUT2D eigenvalue weighted by atomic mass is 16.6. The Labute approximate surface area is 160 Å². The molecule has 0 saturated carbocycles. The van der Waals surface area contributed by atoms with Crippen LogP contribution < -0.4 is 4.74 Å². The van der Waals surface area contributed by atoms with E-state index in [1.807, 2.05) is 6.07 Å². The number of carbonyl (C=O) groups is 2. The minimum absolute atomic E-state index is 0.0522. The van der Waals surface area contributed by atoms with Gasteiger partial charge in [-0.25, -0.2) is 4.79 Å². The summed E-state index contributed by atoms with van der Waals surface area (Å²) < 4.78 is 10.0. The maximum Gasteiger partial charge on any atom is 0.344 e. The van der Waals surface area contributed by atoms with Gasteiger partial charge in [-0.3, -0.25) is 14.9 Å². The van der Waals surface area contributed by atoms with E-state index in [9.17, 15) is 25.0 Å². The summed E-state index contributed by atoms with van der Waals surface area (Å²) in [6.07, 6.45) is 1.37. The second-order valence-corrected chi connectivity index (χ2v) is 5.47. The molecule has 2 aromatic rings. The summed E-state index contributed by atoms with van der Waals surface area (Å²) in [5.74, 6) is -0.677. The van der Waals surface area contributed by atoms with Crippen LogP contribution in [0.25, 0.3) is 6.08 Å². The Morgan fingerprint density at radius 3 is 2.54 bits per heavy atom. The summed E-state index contributed by atoms with van der Waals surface area (Å²) in [5.41, 5.74) is 0.210. The van der Waals surface area contributed by atoms with Crippen molar-refractivity contribution < 1.29 is 24.0 Å². The van der Waals surface area contributed by atoms with E-state index in [2.05, 4.69) is 0 Å². The molecule has 0 unspecified atom stereocenters. The molecule has 0 radical (unpaired) electrons. The molecule has 0 fully saturated rings. The number of allylic oxidation sites excluding steroid dienone is 1. The van der Waals surface area contributed by atoms with Crippen LogP contribution in [0.5, 0.6) is 5.75 Å². The maximum atomic E-state index is 12.5. The number of carbonyl (C=O) groups excluding carboxylic acids is 2. The zero-order valence-electron chi connectivity index (χ0n) is 15.0. The van der Waals surface area contributed by atoms with Gasteiger partial charge in [-0.2, -0.15) is 5.26 Å². The number of rotatable bonds is 8. The van der Waals surface area contributed by atoms with Gasteiger partial charge in [0, 0.05) is 17.7 Å². The smallest absolute Gasteiger partial charge is 0.344 e. The van der Waals surface area contributed by atoms with Crippen LogP contribution in [0.2, 0.25) is 0 Å². The molecule has 0 aromatic heterocycles. The molecule has 0 aliphatic rings. The number of ketones is 1. The second-order valence-electron chi connectivity index (χ2n) is 5.47. The van der Waals surface area contributed by atoms with Crippen LogP contribution in [0, 0.1) is 21.4 Å². The van der Waals surface area contributed by atoms with Gasteiger partial charge < -0.3 is 9.47 Å². The number of non-ortho nitro benzene ring substituents is 1. The van der Waals surface area contributed by atoms with E-state index in [-0.39, 0.29) is 30.0 Å². The minimum atomic E-state index is -0.617. The number of hydrogen-bond acceptors (Lipinski definition) is 7. The number of esters is 1. The third kappa shape index (κ3) is 5.51. The molecular weight excluding hydrogens is 364 g/mol. The van der Waals surface area contributed by atoms with Gasteiger partial charge in [0.05, 0.1) is 11.5 Å². The first-order valence-corrected chi connectivity index (χ1v) is 8.24. The summed E-state index contributed by atoms with van der Waals surface area (Å²) >= 11 is 0. The average Bonchev–Trinajstić information content (AvgIpc) is 2.71. The number of nitriles is 1. The van der Waals surface area contributed by atoms with Crippen molar-refractivity contribution in [3.63, 3.8) is 0 Å². The molecule has 2 aromatic carbocycles. The van der Waals surface area contributed by atoms with Crippen molar-refractivity contribution in [2.45, 2.75) is 6.92 Å². The monoisotopic (exact) mass is 380 g/mol. The molecular formula is C20H16N2O6. The van der Waals surface area contributed by atoms with E-state index >= 15 is 0 Å². The van der Waals surface area contributed by atoms with Crippen LogP contribution >= 0.6 is 0 Å². The highest BCUT2D eigenvalue weighted by Gasteiger charge is 2.15. The SMILES string of the molecule is CCOC(=O)COc1ccc(/C=C(\C#N)C(=O)c2cccc([N+](=O)[O-])c2)cc1. The van der Waals surface area contributed by atoms with Crippen molar-refractivity contribution in [3.8, 4) is 11.8 Å². The lowest BCUT2D eigenvalue weighted by Gasteiger charge is -2.06. The maximum absolute atomic E-state index is 12.5. The van der Waals surface area contributed by atoms with E-state index in [4.69, 9.17) is 9.47 Å². The number of benzene rings is 2. The molecule has 0 atom stereocenters. The fraction of sp³-hybridized carbons (Fsp3) is 0.150. The summed E-state index contributed by atoms with van der Waals surface area (Å²) in [5, 5.41) is 20.1. The number of ether oxygens (including phenoxy) is 2. The third-order valence-electron chi connectivity index (χ3n) is 3.54. The van der Waals surface area contributed by atoms with Crippen LogP contribution in [0.15, 0.2) is 54.1 Å². The van der Waals surface area contributed by atoms with Crippen LogP contribution in [-0.2, 0) is 9.53 Å². The lowest BCUT2D eigenvalue weighted by atomic mass is 10.0. The van der Waals surface area contributed by atoms with Crippen molar-refractivity contribution in [2.75, 3.05) is 13.2 Å². The molecule has 0 bridgehead atoms. The van der Waals surface area contributed by atoms with E-state index < -0.39 is 16.7 Å². The summed E-state index contributed by atoms with van der Waals surface area (Å²) in [4.78, 5) is 34.0. The van der Waals surface area contributed by atoms with Crippen LogP contribution in [0.3, 0.4) is 0 Å². The van der Waals surface area contributed by atoms with Crippen LogP contribution in [-0.4, -0.2) is 29.9 Å². The molecule has 8 nitrogen and oxygen atoms in total. The standard InChI is InChI=1S/C20H16N2O6/c1-2-27-19(23)13-28-18-8-6-14(7-9-18)10-16(12-21)20(24)15-4-3-5-17(11-15)22(25)26/h3-11H,2,13H2,1H3/b16-10+. The van der Waals surface area contributed by atoms with Gasteiger partial charge in [0.2, 0.25) is 5.78 Å². The van der Waals surface area contributed by atoms with E-state index in [0.717, 1.165) is 6.07 Å².